The minimum absolute atomic E-state index is 0.0474. The molecule has 0 saturated carbocycles. The maximum absolute atomic E-state index is 12.0. The zero-order valence-electron chi connectivity index (χ0n) is 12.0. The van der Waals surface area contributed by atoms with Crippen LogP contribution in [0.25, 0.3) is 22.3 Å². The summed E-state index contributed by atoms with van der Waals surface area (Å²) in [6.07, 6.45) is 0. The molecule has 5 heteroatoms. The van der Waals surface area contributed by atoms with E-state index in [2.05, 4.69) is 0 Å². The van der Waals surface area contributed by atoms with E-state index in [1.54, 1.807) is 18.2 Å². The van der Waals surface area contributed by atoms with Crippen molar-refractivity contribution in [3.05, 3.63) is 72.8 Å². The first kappa shape index (κ1) is 15.6. The van der Waals surface area contributed by atoms with Gasteiger partial charge in [-0.3, -0.25) is 0 Å². The van der Waals surface area contributed by atoms with E-state index in [0.29, 0.717) is 11.1 Å². The van der Waals surface area contributed by atoms with Gasteiger partial charge in [-0.05, 0) is 34.9 Å². The second-order valence-corrected chi connectivity index (χ2v) is 7.56. The molecular formula is C18H13ClO3S. The average Bonchev–Trinajstić information content (AvgIpc) is 2.55. The average molecular weight is 345 g/mol. The number of hydrogen-bond donors (Lipinski definition) is 1. The molecule has 0 aliphatic rings. The fourth-order valence-electron chi connectivity index (χ4n) is 2.52. The van der Waals surface area contributed by atoms with Crippen molar-refractivity contribution in [2.45, 2.75) is 4.90 Å². The Balaban J connectivity index is 2.36. The van der Waals surface area contributed by atoms with Crippen molar-refractivity contribution < 1.29 is 13.5 Å². The second kappa shape index (κ2) is 6.07. The molecule has 0 radical (unpaired) electrons. The van der Waals surface area contributed by atoms with Gasteiger partial charge in [-0.15, -0.1) is 0 Å². The van der Waals surface area contributed by atoms with Crippen LogP contribution in [-0.4, -0.2) is 13.5 Å². The van der Waals surface area contributed by atoms with Gasteiger partial charge in [0, 0.05) is 16.2 Å². The maximum Gasteiger partial charge on any atom is 0.261 e. The molecule has 0 aromatic heterocycles. The molecule has 0 bridgehead atoms. The molecular weight excluding hydrogens is 332 g/mol. The lowest BCUT2D eigenvalue weighted by molar-refractivity contribution is 0.475. The highest BCUT2D eigenvalue weighted by Gasteiger charge is 2.20. The Bertz CT molecular complexity index is 934. The molecule has 0 spiro atoms. The summed E-state index contributed by atoms with van der Waals surface area (Å²) in [4.78, 5) is 0.0474. The van der Waals surface area contributed by atoms with Crippen LogP contribution in [0.3, 0.4) is 0 Å². The Kier molecular flexibility index (Phi) is 4.11. The first-order valence-corrected chi connectivity index (χ1v) is 9.20. The van der Waals surface area contributed by atoms with Crippen molar-refractivity contribution >= 4 is 19.7 Å². The standard InChI is InChI=1S/C18H13ClO3S/c19-23(21,22)17-8-4-7-16(13-5-2-1-3-6-13)18(17)14-9-11-15(20)12-10-14/h1-12,20H. The van der Waals surface area contributed by atoms with Crippen LogP contribution in [0.5, 0.6) is 5.75 Å². The first-order valence-electron chi connectivity index (χ1n) is 6.89. The number of benzene rings is 3. The molecule has 3 aromatic rings. The van der Waals surface area contributed by atoms with E-state index in [-0.39, 0.29) is 10.6 Å². The van der Waals surface area contributed by atoms with Crippen LogP contribution < -0.4 is 0 Å². The summed E-state index contributed by atoms with van der Waals surface area (Å²) in [5, 5.41) is 9.47. The normalized spacial score (nSPS) is 11.3. The number of hydrogen-bond acceptors (Lipinski definition) is 3. The Hall–Kier alpha value is -2.30. The predicted octanol–water partition coefficient (Wildman–Crippen LogP) is 4.65. The topological polar surface area (TPSA) is 54.4 Å². The van der Waals surface area contributed by atoms with E-state index in [9.17, 15) is 13.5 Å². The third kappa shape index (κ3) is 3.23. The molecule has 0 atom stereocenters. The van der Waals surface area contributed by atoms with Crippen LogP contribution in [-0.2, 0) is 9.05 Å². The van der Waals surface area contributed by atoms with Gasteiger partial charge in [0.25, 0.3) is 9.05 Å². The van der Waals surface area contributed by atoms with Crippen molar-refractivity contribution in [3.8, 4) is 28.0 Å². The van der Waals surface area contributed by atoms with E-state index in [4.69, 9.17) is 10.7 Å². The highest BCUT2D eigenvalue weighted by molar-refractivity contribution is 8.13. The van der Waals surface area contributed by atoms with Crippen LogP contribution in [0, 0.1) is 0 Å². The van der Waals surface area contributed by atoms with E-state index in [1.165, 1.54) is 18.2 Å². The van der Waals surface area contributed by atoms with Gasteiger partial charge in [0.05, 0.1) is 4.90 Å². The monoisotopic (exact) mass is 344 g/mol. The van der Waals surface area contributed by atoms with Crippen molar-refractivity contribution in [1.82, 2.24) is 0 Å². The van der Waals surface area contributed by atoms with E-state index >= 15 is 0 Å². The molecule has 0 heterocycles. The van der Waals surface area contributed by atoms with Gasteiger partial charge in [0.2, 0.25) is 0 Å². The summed E-state index contributed by atoms with van der Waals surface area (Å²) < 4.78 is 24.0. The lowest BCUT2D eigenvalue weighted by Gasteiger charge is -2.14. The molecule has 116 valence electrons. The fraction of sp³-hybridized carbons (Fsp3) is 0. The van der Waals surface area contributed by atoms with Gasteiger partial charge >= 0.3 is 0 Å². The molecule has 1 N–H and O–H groups in total. The van der Waals surface area contributed by atoms with Gasteiger partial charge in [-0.1, -0.05) is 54.6 Å². The van der Waals surface area contributed by atoms with Crippen LogP contribution in [0.1, 0.15) is 0 Å². The zero-order valence-corrected chi connectivity index (χ0v) is 13.6. The fourth-order valence-corrected chi connectivity index (χ4v) is 3.62. The number of phenolic OH excluding ortho intramolecular Hbond substituents is 1. The van der Waals surface area contributed by atoms with Gasteiger partial charge in [0.15, 0.2) is 0 Å². The van der Waals surface area contributed by atoms with Crippen molar-refractivity contribution in [2.24, 2.45) is 0 Å². The van der Waals surface area contributed by atoms with Crippen molar-refractivity contribution in [1.29, 1.82) is 0 Å². The Morgan fingerprint density at radius 1 is 0.739 bits per heavy atom. The van der Waals surface area contributed by atoms with Gasteiger partial charge in [-0.2, -0.15) is 0 Å². The Labute approximate surface area is 139 Å². The lowest BCUT2D eigenvalue weighted by atomic mass is 9.94. The molecule has 3 nitrogen and oxygen atoms in total. The second-order valence-electron chi connectivity index (χ2n) is 5.03. The molecule has 3 aromatic carbocycles. The van der Waals surface area contributed by atoms with Crippen molar-refractivity contribution in [2.75, 3.05) is 0 Å². The zero-order chi connectivity index (χ0) is 16.4. The van der Waals surface area contributed by atoms with Crippen LogP contribution >= 0.6 is 10.7 Å². The summed E-state index contributed by atoms with van der Waals surface area (Å²) in [5.41, 5.74) is 2.84. The highest BCUT2D eigenvalue weighted by atomic mass is 35.7. The third-order valence-corrected chi connectivity index (χ3v) is 4.89. The molecule has 0 saturated heterocycles. The minimum atomic E-state index is -3.91. The molecule has 0 fully saturated rings. The van der Waals surface area contributed by atoms with Crippen LogP contribution in [0.2, 0.25) is 0 Å². The molecule has 23 heavy (non-hydrogen) atoms. The summed E-state index contributed by atoms with van der Waals surface area (Å²) in [6.45, 7) is 0. The smallest absolute Gasteiger partial charge is 0.261 e. The summed E-state index contributed by atoms with van der Waals surface area (Å²) in [7, 11) is 1.71. The molecule has 0 aliphatic carbocycles. The van der Waals surface area contributed by atoms with E-state index < -0.39 is 9.05 Å². The van der Waals surface area contributed by atoms with E-state index in [1.807, 2.05) is 36.4 Å². The predicted molar refractivity (Wildman–Crippen MR) is 92.0 cm³/mol. The summed E-state index contributed by atoms with van der Waals surface area (Å²) in [6, 6.07) is 20.9. The van der Waals surface area contributed by atoms with Gasteiger partial charge < -0.3 is 5.11 Å². The Morgan fingerprint density at radius 3 is 2.00 bits per heavy atom. The summed E-state index contributed by atoms with van der Waals surface area (Å²) >= 11 is 0. The van der Waals surface area contributed by atoms with Gasteiger partial charge in [-0.25, -0.2) is 8.42 Å². The largest absolute Gasteiger partial charge is 0.508 e. The molecule has 3 rings (SSSR count). The minimum Gasteiger partial charge on any atom is -0.508 e. The molecule has 0 amide bonds. The van der Waals surface area contributed by atoms with Crippen molar-refractivity contribution in [3.63, 3.8) is 0 Å². The van der Waals surface area contributed by atoms with Gasteiger partial charge in [0.1, 0.15) is 5.75 Å². The highest BCUT2D eigenvalue weighted by Crippen LogP contribution is 2.38. The summed E-state index contributed by atoms with van der Waals surface area (Å²) in [5.74, 6) is 0.112. The quantitative estimate of drug-likeness (QED) is 0.703. The van der Waals surface area contributed by atoms with Crippen LogP contribution in [0.15, 0.2) is 77.7 Å². The lowest BCUT2D eigenvalue weighted by Crippen LogP contribution is -1.97. The SMILES string of the molecule is O=S(=O)(Cl)c1cccc(-c2ccccc2)c1-c1ccc(O)cc1. The van der Waals surface area contributed by atoms with Crippen LogP contribution in [0.4, 0.5) is 0 Å². The number of halogens is 1. The third-order valence-electron chi connectivity index (χ3n) is 3.53. The number of aromatic hydroxyl groups is 1. The first-order chi connectivity index (χ1) is 11.0. The molecule has 0 aliphatic heterocycles. The number of phenols is 1. The number of rotatable bonds is 3. The Morgan fingerprint density at radius 2 is 1.39 bits per heavy atom. The van der Waals surface area contributed by atoms with E-state index in [0.717, 1.165) is 11.1 Å². The molecule has 0 unspecified atom stereocenters. The maximum atomic E-state index is 12.0.